The molecule has 0 spiro atoms. The highest BCUT2D eigenvalue weighted by Gasteiger charge is 2.25. The maximum Gasteiger partial charge on any atom is 0.330 e. The van der Waals surface area contributed by atoms with Crippen LogP contribution >= 0.6 is 0 Å². The number of ether oxygens (including phenoxy) is 1. The number of aromatic nitrogens is 2. The van der Waals surface area contributed by atoms with Crippen molar-refractivity contribution < 1.29 is 9.53 Å². The summed E-state index contributed by atoms with van der Waals surface area (Å²) in [5.74, 6) is 0.0898. The maximum atomic E-state index is 13.0. The van der Waals surface area contributed by atoms with Crippen LogP contribution in [0.1, 0.15) is 72.1 Å². The molecule has 1 heterocycles. The van der Waals surface area contributed by atoms with Crippen LogP contribution in [0.2, 0.25) is 0 Å². The second kappa shape index (κ2) is 11.2. The van der Waals surface area contributed by atoms with Gasteiger partial charge in [0.05, 0.1) is 6.10 Å². The van der Waals surface area contributed by atoms with Crippen molar-refractivity contribution in [2.24, 2.45) is 5.92 Å². The topological polar surface area (TPSA) is 110 Å². The third-order valence-corrected chi connectivity index (χ3v) is 5.45. The molecule has 164 valence electrons. The molecule has 1 amide bonds. The van der Waals surface area contributed by atoms with Gasteiger partial charge in [0, 0.05) is 13.1 Å². The third-order valence-electron chi connectivity index (χ3n) is 5.45. The van der Waals surface area contributed by atoms with Gasteiger partial charge in [0.2, 0.25) is 0 Å². The first-order valence-electron chi connectivity index (χ1n) is 10.9. The van der Waals surface area contributed by atoms with E-state index in [1.165, 1.54) is 15.9 Å². The summed E-state index contributed by atoms with van der Waals surface area (Å²) >= 11 is 0. The van der Waals surface area contributed by atoms with Gasteiger partial charge in [-0.3, -0.25) is 19.1 Å². The molecule has 1 saturated carbocycles. The summed E-state index contributed by atoms with van der Waals surface area (Å²) in [5.41, 5.74) is 5.10. The minimum absolute atomic E-state index is 0.0435. The van der Waals surface area contributed by atoms with Gasteiger partial charge in [0.15, 0.2) is 5.69 Å². The summed E-state index contributed by atoms with van der Waals surface area (Å²) in [5, 5.41) is 0. The third kappa shape index (κ3) is 6.45. The summed E-state index contributed by atoms with van der Waals surface area (Å²) in [6.45, 7) is 6.78. The molecular weight excluding hydrogens is 372 g/mol. The fraction of sp³-hybridized carbons (Fsp3) is 0.762. The highest BCUT2D eigenvalue weighted by atomic mass is 16.5. The number of amides is 1. The Bertz CT molecular complexity index is 778. The number of aromatic amines is 1. The zero-order valence-corrected chi connectivity index (χ0v) is 18.0. The van der Waals surface area contributed by atoms with Crippen LogP contribution in [-0.2, 0) is 16.1 Å². The maximum absolute atomic E-state index is 13.0. The standard InChI is InChI=1S/C21H36N4O4/c1-4-5-12-25-19(22)18(20(27)23-21(25)28)24(13-11-15(2)3)17(26)14-29-16-9-7-6-8-10-16/h15-16H,4-14,22H2,1-3H3,(H,23,27,28). The highest BCUT2D eigenvalue weighted by Crippen LogP contribution is 2.22. The minimum atomic E-state index is -0.630. The second-order valence-electron chi connectivity index (χ2n) is 8.30. The molecule has 0 aromatic carbocycles. The molecule has 29 heavy (non-hydrogen) atoms. The van der Waals surface area contributed by atoms with Gasteiger partial charge in [-0.25, -0.2) is 4.79 Å². The quantitative estimate of drug-likeness (QED) is 0.618. The molecule has 8 nitrogen and oxygen atoms in total. The van der Waals surface area contributed by atoms with Crippen molar-refractivity contribution >= 4 is 17.4 Å². The number of nitrogen functional groups attached to an aromatic ring is 1. The number of nitrogens with two attached hydrogens (primary N) is 1. The van der Waals surface area contributed by atoms with Gasteiger partial charge in [-0.05, 0) is 31.6 Å². The van der Waals surface area contributed by atoms with Gasteiger partial charge in [-0.2, -0.15) is 0 Å². The van der Waals surface area contributed by atoms with Gasteiger partial charge < -0.3 is 15.4 Å². The molecule has 1 fully saturated rings. The Hall–Kier alpha value is -2.09. The van der Waals surface area contributed by atoms with E-state index in [0.29, 0.717) is 25.4 Å². The molecule has 0 radical (unpaired) electrons. The second-order valence-corrected chi connectivity index (χ2v) is 8.30. The van der Waals surface area contributed by atoms with Crippen molar-refractivity contribution in [1.82, 2.24) is 9.55 Å². The van der Waals surface area contributed by atoms with E-state index >= 15 is 0 Å². The lowest BCUT2D eigenvalue weighted by Gasteiger charge is -2.27. The van der Waals surface area contributed by atoms with E-state index in [9.17, 15) is 14.4 Å². The molecule has 0 bridgehead atoms. The van der Waals surface area contributed by atoms with Gasteiger partial charge in [0.25, 0.3) is 11.5 Å². The number of H-pyrrole nitrogens is 1. The fourth-order valence-electron chi connectivity index (χ4n) is 3.62. The van der Waals surface area contributed by atoms with Crippen molar-refractivity contribution in [3.63, 3.8) is 0 Å². The molecule has 0 aliphatic heterocycles. The first-order chi connectivity index (χ1) is 13.8. The zero-order valence-electron chi connectivity index (χ0n) is 18.0. The van der Waals surface area contributed by atoms with Crippen molar-refractivity contribution in [2.45, 2.75) is 84.8 Å². The summed E-state index contributed by atoms with van der Waals surface area (Å²) in [4.78, 5) is 41.6. The van der Waals surface area contributed by atoms with Crippen molar-refractivity contribution in [3.05, 3.63) is 20.8 Å². The minimum Gasteiger partial charge on any atom is -0.383 e. The molecule has 1 aromatic rings. The molecule has 0 atom stereocenters. The van der Waals surface area contributed by atoms with E-state index in [2.05, 4.69) is 18.8 Å². The molecule has 2 rings (SSSR count). The Labute approximate surface area is 172 Å². The lowest BCUT2D eigenvalue weighted by Crippen LogP contribution is -2.43. The number of unbranched alkanes of at least 4 members (excludes halogenated alkanes) is 1. The number of hydrogen-bond donors (Lipinski definition) is 2. The highest BCUT2D eigenvalue weighted by molar-refractivity contribution is 5.96. The first kappa shape index (κ1) is 23.2. The number of hydrogen-bond acceptors (Lipinski definition) is 5. The van der Waals surface area contributed by atoms with Crippen LogP contribution in [0.3, 0.4) is 0 Å². The number of nitrogens with one attached hydrogen (secondary N) is 1. The zero-order chi connectivity index (χ0) is 21.4. The summed E-state index contributed by atoms with van der Waals surface area (Å²) in [7, 11) is 0. The largest absolute Gasteiger partial charge is 0.383 e. The first-order valence-corrected chi connectivity index (χ1v) is 10.9. The van der Waals surface area contributed by atoms with Crippen LogP contribution in [-0.4, -0.2) is 34.7 Å². The lowest BCUT2D eigenvalue weighted by atomic mass is 9.98. The molecule has 3 N–H and O–H groups in total. The molecule has 0 unspecified atom stereocenters. The van der Waals surface area contributed by atoms with E-state index in [0.717, 1.165) is 38.5 Å². The van der Waals surface area contributed by atoms with Crippen molar-refractivity contribution in [3.8, 4) is 0 Å². The van der Waals surface area contributed by atoms with Gasteiger partial charge in [-0.15, -0.1) is 0 Å². The van der Waals surface area contributed by atoms with Gasteiger partial charge >= 0.3 is 5.69 Å². The molecular formula is C21H36N4O4. The number of anilines is 2. The number of nitrogens with zero attached hydrogens (tertiary/aromatic N) is 2. The predicted octanol–water partition coefficient (Wildman–Crippen LogP) is 2.65. The predicted molar refractivity (Wildman–Crippen MR) is 115 cm³/mol. The van der Waals surface area contributed by atoms with E-state index in [-0.39, 0.29) is 30.1 Å². The Morgan fingerprint density at radius 1 is 1.28 bits per heavy atom. The van der Waals surface area contributed by atoms with E-state index < -0.39 is 11.2 Å². The Balaban J connectivity index is 2.29. The molecule has 1 aliphatic carbocycles. The number of carbonyl (C=O) groups is 1. The van der Waals surface area contributed by atoms with E-state index in [1.54, 1.807) is 0 Å². The normalized spacial score (nSPS) is 15.0. The van der Waals surface area contributed by atoms with E-state index in [1.807, 2.05) is 6.92 Å². The average molecular weight is 409 g/mol. The Kier molecular flexibility index (Phi) is 8.95. The SMILES string of the molecule is CCCCn1c(N)c(N(CCC(C)C)C(=O)COC2CCCCC2)c(=O)[nH]c1=O. The van der Waals surface area contributed by atoms with Gasteiger partial charge in [-0.1, -0.05) is 46.5 Å². The van der Waals surface area contributed by atoms with Crippen LogP contribution in [0.5, 0.6) is 0 Å². The van der Waals surface area contributed by atoms with Crippen LogP contribution in [0.15, 0.2) is 9.59 Å². The summed E-state index contributed by atoms with van der Waals surface area (Å²) < 4.78 is 7.18. The van der Waals surface area contributed by atoms with E-state index in [4.69, 9.17) is 10.5 Å². The number of carbonyl (C=O) groups excluding carboxylic acids is 1. The van der Waals surface area contributed by atoms with Crippen LogP contribution in [0, 0.1) is 5.92 Å². The fourth-order valence-corrected chi connectivity index (χ4v) is 3.62. The summed E-state index contributed by atoms with van der Waals surface area (Å²) in [6.07, 6.45) is 7.80. The number of rotatable bonds is 10. The molecule has 1 aromatic heterocycles. The average Bonchev–Trinajstić information content (AvgIpc) is 2.69. The Morgan fingerprint density at radius 3 is 2.59 bits per heavy atom. The van der Waals surface area contributed by atoms with Crippen LogP contribution in [0.25, 0.3) is 0 Å². The smallest absolute Gasteiger partial charge is 0.330 e. The van der Waals surface area contributed by atoms with Gasteiger partial charge in [0.1, 0.15) is 12.4 Å². The van der Waals surface area contributed by atoms with Crippen LogP contribution in [0.4, 0.5) is 11.5 Å². The Morgan fingerprint density at radius 2 is 1.97 bits per heavy atom. The lowest BCUT2D eigenvalue weighted by molar-refractivity contribution is -0.125. The molecule has 1 aliphatic rings. The van der Waals surface area contributed by atoms with Crippen molar-refractivity contribution in [2.75, 3.05) is 23.8 Å². The molecule has 8 heteroatoms. The summed E-state index contributed by atoms with van der Waals surface area (Å²) in [6, 6.07) is 0. The molecule has 0 saturated heterocycles. The van der Waals surface area contributed by atoms with Crippen molar-refractivity contribution in [1.29, 1.82) is 0 Å². The monoisotopic (exact) mass is 408 g/mol. The van der Waals surface area contributed by atoms with Crippen LogP contribution < -0.4 is 21.9 Å².